The molecule has 2 aromatic carbocycles. The average Bonchev–Trinajstić information content (AvgIpc) is 3.31. The summed E-state index contributed by atoms with van der Waals surface area (Å²) in [4.78, 5) is 28.5. The minimum absolute atomic E-state index is 0.0629. The first-order valence-electron chi connectivity index (χ1n) is 10.5. The monoisotopic (exact) mass is 487 g/mol. The number of amides is 2. The Balaban J connectivity index is 1.44. The molecule has 0 aliphatic carbocycles. The van der Waals surface area contributed by atoms with E-state index in [1.165, 1.54) is 6.07 Å². The van der Waals surface area contributed by atoms with Crippen molar-refractivity contribution in [3.05, 3.63) is 59.0 Å². The van der Waals surface area contributed by atoms with Crippen molar-refractivity contribution in [3.8, 4) is 5.75 Å². The minimum atomic E-state index is -3.75. The summed E-state index contributed by atoms with van der Waals surface area (Å²) in [6.07, 6.45) is 1.42. The summed E-state index contributed by atoms with van der Waals surface area (Å²) in [5.41, 5.74) is 0.585. The van der Waals surface area contributed by atoms with Gasteiger partial charge in [0.15, 0.2) is 0 Å². The highest BCUT2D eigenvalue weighted by atomic mass is 32.2. The Morgan fingerprint density at radius 1 is 1.15 bits per heavy atom. The van der Waals surface area contributed by atoms with Crippen LogP contribution in [0.2, 0.25) is 0 Å². The van der Waals surface area contributed by atoms with Crippen LogP contribution in [0.5, 0.6) is 5.75 Å². The summed E-state index contributed by atoms with van der Waals surface area (Å²) in [6, 6.07) is 14.2. The van der Waals surface area contributed by atoms with Crippen molar-refractivity contribution in [1.82, 2.24) is 10.2 Å². The van der Waals surface area contributed by atoms with Gasteiger partial charge in [0.25, 0.3) is 5.91 Å². The Kier molecular flexibility index (Phi) is 6.68. The number of thiophene rings is 1. The average molecular weight is 488 g/mol. The summed E-state index contributed by atoms with van der Waals surface area (Å²) in [5.74, 6) is 0.113. The highest BCUT2D eigenvalue weighted by Crippen LogP contribution is 2.30. The fourth-order valence-corrected chi connectivity index (χ4v) is 5.82. The number of sulfonamides is 1. The van der Waals surface area contributed by atoms with Crippen LogP contribution in [0, 0.1) is 5.92 Å². The Morgan fingerprint density at radius 2 is 1.91 bits per heavy atom. The quantitative estimate of drug-likeness (QED) is 0.554. The number of likely N-dealkylation sites (tertiary alicyclic amines) is 1. The fraction of sp³-hybridized carbons (Fsp3) is 0.304. The number of primary sulfonamides is 1. The number of rotatable bonds is 6. The van der Waals surface area contributed by atoms with Gasteiger partial charge in [-0.2, -0.15) is 0 Å². The third-order valence-electron chi connectivity index (χ3n) is 5.77. The number of nitrogens with one attached hydrogen (secondary N) is 1. The summed E-state index contributed by atoms with van der Waals surface area (Å²) in [6.45, 7) is 1.14. The Bertz CT molecular complexity index is 1300. The number of carbonyl (C=O) groups excluding carboxylic acids is 2. The van der Waals surface area contributed by atoms with Crippen molar-refractivity contribution in [2.24, 2.45) is 11.1 Å². The highest BCUT2D eigenvalue weighted by Gasteiger charge is 2.29. The molecule has 1 fully saturated rings. The zero-order chi connectivity index (χ0) is 23.6. The maximum absolute atomic E-state index is 13.3. The number of carbonyl (C=O) groups is 2. The van der Waals surface area contributed by atoms with Gasteiger partial charge in [-0.05, 0) is 42.5 Å². The van der Waals surface area contributed by atoms with Crippen LogP contribution in [0.3, 0.4) is 0 Å². The Hall–Kier alpha value is -2.95. The molecule has 1 atom stereocenters. The minimum Gasteiger partial charge on any atom is -0.496 e. The van der Waals surface area contributed by atoms with Gasteiger partial charge in [-0.25, -0.2) is 13.6 Å². The summed E-state index contributed by atoms with van der Waals surface area (Å²) >= 11 is 1.03. The number of fused-ring (bicyclic) bond motifs is 1. The Morgan fingerprint density at radius 3 is 2.61 bits per heavy atom. The van der Waals surface area contributed by atoms with Crippen molar-refractivity contribution in [3.63, 3.8) is 0 Å². The molecule has 0 spiro atoms. The van der Waals surface area contributed by atoms with Crippen LogP contribution in [0.25, 0.3) is 10.8 Å². The van der Waals surface area contributed by atoms with E-state index in [1.54, 1.807) is 30.2 Å². The van der Waals surface area contributed by atoms with E-state index in [-0.39, 0.29) is 28.5 Å². The van der Waals surface area contributed by atoms with Crippen LogP contribution < -0.4 is 15.2 Å². The third kappa shape index (κ3) is 5.02. The standard InChI is InChI=1S/C23H25N3O5S2/c1-31-20-10-9-19(17-6-2-3-7-18(17)20)23(28)26-12-4-5-15(14-26)22(27)25-13-16-8-11-21(32-16)33(24,29)30/h2-3,6-11,15H,4-5,12-14H2,1H3,(H,25,27)(H2,24,29,30). The second kappa shape index (κ2) is 9.50. The smallest absolute Gasteiger partial charge is 0.254 e. The van der Waals surface area contributed by atoms with Crippen molar-refractivity contribution in [1.29, 1.82) is 0 Å². The van der Waals surface area contributed by atoms with E-state index in [1.807, 2.05) is 24.3 Å². The van der Waals surface area contributed by atoms with Crippen LogP contribution >= 0.6 is 11.3 Å². The second-order valence-corrected chi connectivity index (χ2v) is 10.9. The second-order valence-electron chi connectivity index (χ2n) is 7.93. The highest BCUT2D eigenvalue weighted by molar-refractivity contribution is 7.91. The van der Waals surface area contributed by atoms with Gasteiger partial charge in [0.05, 0.1) is 19.6 Å². The van der Waals surface area contributed by atoms with Gasteiger partial charge in [0, 0.05) is 28.9 Å². The molecule has 1 aliphatic heterocycles. The fourth-order valence-electron chi connectivity index (χ4n) is 4.11. The molecule has 2 amide bonds. The molecule has 1 aromatic heterocycles. The van der Waals surface area contributed by atoms with Crippen LogP contribution in [0.1, 0.15) is 28.1 Å². The van der Waals surface area contributed by atoms with Gasteiger partial charge in [-0.1, -0.05) is 24.3 Å². The maximum Gasteiger partial charge on any atom is 0.254 e. The number of methoxy groups -OCH3 is 1. The van der Waals surface area contributed by atoms with Gasteiger partial charge in [-0.15, -0.1) is 11.3 Å². The Labute approximate surface area is 196 Å². The van der Waals surface area contributed by atoms with E-state index in [2.05, 4.69) is 5.32 Å². The lowest BCUT2D eigenvalue weighted by molar-refractivity contribution is -0.126. The molecule has 10 heteroatoms. The molecule has 4 rings (SSSR count). The summed E-state index contributed by atoms with van der Waals surface area (Å²) in [7, 11) is -2.15. The lowest BCUT2D eigenvalue weighted by atomic mass is 9.95. The van der Waals surface area contributed by atoms with Crippen molar-refractivity contribution < 1.29 is 22.7 Å². The topological polar surface area (TPSA) is 119 Å². The first kappa shape index (κ1) is 23.2. The third-order valence-corrected chi connectivity index (χ3v) is 8.29. The van der Waals surface area contributed by atoms with E-state index in [4.69, 9.17) is 9.88 Å². The van der Waals surface area contributed by atoms with Gasteiger partial charge in [0.2, 0.25) is 15.9 Å². The van der Waals surface area contributed by atoms with Crippen LogP contribution in [-0.4, -0.2) is 45.3 Å². The molecule has 3 aromatic rings. The van der Waals surface area contributed by atoms with E-state index in [9.17, 15) is 18.0 Å². The van der Waals surface area contributed by atoms with E-state index in [0.717, 1.165) is 28.5 Å². The molecular formula is C23H25N3O5S2. The zero-order valence-electron chi connectivity index (χ0n) is 18.1. The predicted molar refractivity (Wildman–Crippen MR) is 127 cm³/mol. The van der Waals surface area contributed by atoms with E-state index >= 15 is 0 Å². The molecule has 174 valence electrons. The lowest BCUT2D eigenvalue weighted by Gasteiger charge is -2.32. The van der Waals surface area contributed by atoms with Gasteiger partial charge < -0.3 is 15.0 Å². The van der Waals surface area contributed by atoms with Crippen molar-refractivity contribution >= 4 is 43.9 Å². The molecule has 0 bridgehead atoms. The number of piperidine rings is 1. The first-order chi connectivity index (χ1) is 15.8. The van der Waals surface area contributed by atoms with Gasteiger partial charge in [-0.3, -0.25) is 9.59 Å². The number of ether oxygens (including phenoxy) is 1. The SMILES string of the molecule is COc1ccc(C(=O)N2CCCC(C(=O)NCc3ccc(S(N)(=O)=O)s3)C2)c2ccccc12. The van der Waals surface area contributed by atoms with Gasteiger partial charge >= 0.3 is 0 Å². The van der Waals surface area contributed by atoms with Crippen LogP contribution in [-0.2, 0) is 21.4 Å². The van der Waals surface area contributed by atoms with Crippen LogP contribution in [0.4, 0.5) is 0 Å². The molecular weight excluding hydrogens is 462 g/mol. The van der Waals surface area contributed by atoms with E-state index < -0.39 is 10.0 Å². The molecule has 33 heavy (non-hydrogen) atoms. The summed E-state index contributed by atoms with van der Waals surface area (Å²) < 4.78 is 28.3. The van der Waals surface area contributed by atoms with Crippen molar-refractivity contribution in [2.75, 3.05) is 20.2 Å². The molecule has 1 aliphatic rings. The molecule has 0 saturated carbocycles. The molecule has 2 heterocycles. The first-order valence-corrected chi connectivity index (χ1v) is 12.9. The van der Waals surface area contributed by atoms with E-state index in [0.29, 0.717) is 35.7 Å². The van der Waals surface area contributed by atoms with Crippen molar-refractivity contribution in [2.45, 2.75) is 23.6 Å². The maximum atomic E-state index is 13.3. The zero-order valence-corrected chi connectivity index (χ0v) is 19.7. The lowest BCUT2D eigenvalue weighted by Crippen LogP contribution is -2.45. The predicted octanol–water partition coefficient (Wildman–Crippen LogP) is 2.73. The molecule has 1 unspecified atom stereocenters. The number of nitrogens with zero attached hydrogens (tertiary/aromatic N) is 1. The number of hydrogen-bond donors (Lipinski definition) is 2. The summed E-state index contributed by atoms with van der Waals surface area (Å²) in [5, 5.41) is 9.68. The number of hydrogen-bond acceptors (Lipinski definition) is 6. The number of benzene rings is 2. The molecule has 8 nitrogen and oxygen atoms in total. The number of nitrogens with two attached hydrogens (primary N) is 1. The van der Waals surface area contributed by atoms with Gasteiger partial charge in [0.1, 0.15) is 9.96 Å². The molecule has 3 N–H and O–H groups in total. The molecule has 0 radical (unpaired) electrons. The largest absolute Gasteiger partial charge is 0.496 e. The van der Waals surface area contributed by atoms with Crippen LogP contribution in [0.15, 0.2) is 52.7 Å². The normalized spacial score (nSPS) is 16.5. The molecule has 1 saturated heterocycles.